The molecule has 2 aromatic carbocycles. The number of halogens is 2. The van der Waals surface area contributed by atoms with Crippen LogP contribution in [-0.4, -0.2) is 20.7 Å². The lowest BCUT2D eigenvalue weighted by Crippen LogP contribution is -2.19. The van der Waals surface area contributed by atoms with Crippen molar-refractivity contribution in [1.82, 2.24) is 14.8 Å². The third-order valence-electron chi connectivity index (χ3n) is 3.60. The van der Waals surface area contributed by atoms with E-state index in [1.165, 1.54) is 0 Å². The number of amides is 1. The highest BCUT2D eigenvalue weighted by Gasteiger charge is 2.13. The highest BCUT2D eigenvalue weighted by atomic mass is 79.9. The van der Waals surface area contributed by atoms with Crippen molar-refractivity contribution in [1.29, 1.82) is 0 Å². The molecular weight excluding hydrogens is 424 g/mol. The zero-order valence-electron chi connectivity index (χ0n) is 13.2. The number of aryl methyl sites for hydroxylation is 1. The second-order valence-corrected chi connectivity index (χ2v) is 7.14. The highest BCUT2D eigenvalue weighted by Crippen LogP contribution is 2.21. The van der Waals surface area contributed by atoms with Gasteiger partial charge < -0.3 is 5.32 Å². The van der Waals surface area contributed by atoms with Crippen molar-refractivity contribution in [3.8, 4) is 11.4 Å². The highest BCUT2D eigenvalue weighted by molar-refractivity contribution is 9.10. The summed E-state index contributed by atoms with van der Waals surface area (Å²) >= 11 is 14.6. The summed E-state index contributed by atoms with van der Waals surface area (Å²) in [5, 5.41) is 10.5. The average Bonchev–Trinajstić information content (AvgIpc) is 2.93. The van der Waals surface area contributed by atoms with Crippen LogP contribution < -0.4 is 5.32 Å². The zero-order chi connectivity index (χ0) is 18.0. The second-order valence-electron chi connectivity index (χ2n) is 5.46. The molecule has 0 saturated heterocycles. The van der Waals surface area contributed by atoms with Crippen LogP contribution >= 0.6 is 39.7 Å². The van der Waals surface area contributed by atoms with Crippen LogP contribution in [0.5, 0.6) is 0 Å². The molecule has 0 atom stereocenters. The standard InChI is InChI=1S/C17H14BrClN4OS/c1-10-8-13(6-7-14(10)18)20-15(24)9-23-16(21-22-17(23)25)11-2-4-12(19)5-3-11/h2-8H,9H2,1H3,(H,20,24)(H,22,25). The molecule has 3 aromatic rings. The molecular formula is C17H14BrClN4OS. The summed E-state index contributed by atoms with van der Waals surface area (Å²) in [4.78, 5) is 12.4. The van der Waals surface area contributed by atoms with Crippen LogP contribution in [0.4, 0.5) is 5.69 Å². The molecule has 0 radical (unpaired) electrons. The molecule has 0 fully saturated rings. The number of carbonyl (C=O) groups is 1. The Morgan fingerprint density at radius 3 is 2.72 bits per heavy atom. The maximum atomic E-state index is 12.4. The van der Waals surface area contributed by atoms with Gasteiger partial charge in [0.1, 0.15) is 6.54 Å². The van der Waals surface area contributed by atoms with E-state index in [-0.39, 0.29) is 12.5 Å². The average molecular weight is 438 g/mol. The van der Waals surface area contributed by atoms with Crippen LogP contribution in [-0.2, 0) is 11.3 Å². The minimum atomic E-state index is -0.186. The number of aromatic nitrogens is 3. The quantitative estimate of drug-likeness (QED) is 0.566. The summed E-state index contributed by atoms with van der Waals surface area (Å²) in [6, 6.07) is 12.8. The third kappa shape index (κ3) is 4.18. The lowest BCUT2D eigenvalue weighted by atomic mass is 10.2. The second kappa shape index (κ2) is 7.51. The van der Waals surface area contributed by atoms with E-state index in [9.17, 15) is 4.79 Å². The van der Waals surface area contributed by atoms with Crippen molar-refractivity contribution in [2.75, 3.05) is 5.32 Å². The van der Waals surface area contributed by atoms with Gasteiger partial charge in [-0.25, -0.2) is 0 Å². The molecule has 0 aliphatic heterocycles. The molecule has 0 bridgehead atoms. The Morgan fingerprint density at radius 2 is 2.04 bits per heavy atom. The van der Waals surface area contributed by atoms with Gasteiger partial charge in [0.15, 0.2) is 10.6 Å². The van der Waals surface area contributed by atoms with E-state index in [0.29, 0.717) is 15.6 Å². The minimum absolute atomic E-state index is 0.0579. The van der Waals surface area contributed by atoms with Crippen molar-refractivity contribution >= 4 is 51.3 Å². The van der Waals surface area contributed by atoms with Crippen molar-refractivity contribution in [2.24, 2.45) is 0 Å². The molecule has 0 saturated carbocycles. The van der Waals surface area contributed by atoms with Crippen LogP contribution in [0.1, 0.15) is 5.56 Å². The number of benzene rings is 2. The van der Waals surface area contributed by atoms with Gasteiger partial charge in [0.2, 0.25) is 5.91 Å². The number of nitrogens with one attached hydrogen (secondary N) is 2. The Balaban J connectivity index is 1.81. The first kappa shape index (κ1) is 17.8. The zero-order valence-corrected chi connectivity index (χ0v) is 16.4. The number of hydrogen-bond acceptors (Lipinski definition) is 3. The summed E-state index contributed by atoms with van der Waals surface area (Å²) in [5.74, 6) is 0.401. The van der Waals surface area contributed by atoms with Gasteiger partial charge in [-0.2, -0.15) is 5.10 Å². The largest absolute Gasteiger partial charge is 0.325 e. The molecule has 1 amide bonds. The Morgan fingerprint density at radius 1 is 1.32 bits per heavy atom. The van der Waals surface area contributed by atoms with Crippen LogP contribution in [0, 0.1) is 11.7 Å². The van der Waals surface area contributed by atoms with E-state index in [2.05, 4.69) is 31.4 Å². The van der Waals surface area contributed by atoms with Crippen molar-refractivity contribution in [2.45, 2.75) is 13.5 Å². The SMILES string of the molecule is Cc1cc(NC(=O)Cn2c(-c3ccc(Cl)cc3)n[nH]c2=S)ccc1Br. The first-order chi connectivity index (χ1) is 11.9. The number of anilines is 1. The summed E-state index contributed by atoms with van der Waals surface area (Å²) < 4.78 is 3.03. The Hall–Kier alpha value is -1.96. The van der Waals surface area contributed by atoms with Gasteiger partial charge in [-0.05, 0) is 67.2 Å². The topological polar surface area (TPSA) is 62.7 Å². The summed E-state index contributed by atoms with van der Waals surface area (Å²) in [6.45, 7) is 2.02. The molecule has 2 N–H and O–H groups in total. The molecule has 0 aliphatic carbocycles. The van der Waals surface area contributed by atoms with Crippen molar-refractivity contribution in [3.05, 3.63) is 62.3 Å². The van der Waals surface area contributed by atoms with Crippen molar-refractivity contribution in [3.63, 3.8) is 0 Å². The molecule has 3 rings (SSSR count). The molecule has 25 heavy (non-hydrogen) atoms. The van der Waals surface area contributed by atoms with E-state index in [4.69, 9.17) is 23.8 Å². The van der Waals surface area contributed by atoms with E-state index < -0.39 is 0 Å². The molecule has 0 unspecified atom stereocenters. The van der Waals surface area contributed by atoms with E-state index in [1.54, 1.807) is 16.7 Å². The van der Waals surface area contributed by atoms with E-state index in [1.807, 2.05) is 37.3 Å². The van der Waals surface area contributed by atoms with Gasteiger partial charge >= 0.3 is 0 Å². The van der Waals surface area contributed by atoms with Gasteiger partial charge in [-0.15, -0.1) is 0 Å². The maximum Gasteiger partial charge on any atom is 0.244 e. The number of rotatable bonds is 4. The maximum absolute atomic E-state index is 12.4. The van der Waals surface area contributed by atoms with Crippen LogP contribution in [0.15, 0.2) is 46.9 Å². The summed E-state index contributed by atoms with van der Waals surface area (Å²) in [7, 11) is 0. The Labute approximate surface area is 163 Å². The van der Waals surface area contributed by atoms with Gasteiger partial charge in [-0.1, -0.05) is 27.5 Å². The predicted molar refractivity (Wildman–Crippen MR) is 105 cm³/mol. The first-order valence-electron chi connectivity index (χ1n) is 7.41. The molecule has 0 spiro atoms. The number of carbonyl (C=O) groups excluding carboxylic acids is 1. The molecule has 8 heteroatoms. The number of hydrogen-bond donors (Lipinski definition) is 2. The van der Waals surface area contributed by atoms with Crippen LogP contribution in [0.25, 0.3) is 11.4 Å². The van der Waals surface area contributed by atoms with Gasteiger partial charge in [-0.3, -0.25) is 14.5 Å². The smallest absolute Gasteiger partial charge is 0.244 e. The minimum Gasteiger partial charge on any atom is -0.325 e. The first-order valence-corrected chi connectivity index (χ1v) is 8.99. The molecule has 1 heterocycles. The van der Waals surface area contributed by atoms with Crippen LogP contribution in [0.3, 0.4) is 0 Å². The molecule has 128 valence electrons. The molecule has 5 nitrogen and oxygen atoms in total. The van der Waals surface area contributed by atoms with Gasteiger partial charge in [0, 0.05) is 20.7 Å². The number of aromatic amines is 1. The van der Waals surface area contributed by atoms with E-state index >= 15 is 0 Å². The van der Waals surface area contributed by atoms with Gasteiger partial charge in [0.25, 0.3) is 0 Å². The fraction of sp³-hybridized carbons (Fsp3) is 0.118. The number of nitrogens with zero attached hydrogens (tertiary/aromatic N) is 2. The summed E-state index contributed by atoms with van der Waals surface area (Å²) in [6.07, 6.45) is 0. The normalized spacial score (nSPS) is 10.7. The fourth-order valence-corrected chi connectivity index (χ4v) is 2.92. The monoisotopic (exact) mass is 436 g/mol. The Kier molecular flexibility index (Phi) is 5.36. The predicted octanol–water partition coefficient (Wildman–Crippen LogP) is 4.97. The Bertz CT molecular complexity index is 981. The van der Waals surface area contributed by atoms with E-state index in [0.717, 1.165) is 21.3 Å². The lowest BCUT2D eigenvalue weighted by molar-refractivity contribution is -0.116. The number of H-pyrrole nitrogens is 1. The lowest BCUT2D eigenvalue weighted by Gasteiger charge is -2.09. The molecule has 0 aliphatic rings. The molecule has 1 aromatic heterocycles. The van der Waals surface area contributed by atoms with Crippen LogP contribution in [0.2, 0.25) is 5.02 Å². The fourth-order valence-electron chi connectivity index (χ4n) is 2.35. The summed E-state index contributed by atoms with van der Waals surface area (Å²) in [5.41, 5.74) is 2.59. The van der Waals surface area contributed by atoms with Gasteiger partial charge in [0.05, 0.1) is 0 Å². The van der Waals surface area contributed by atoms with Crippen molar-refractivity contribution < 1.29 is 4.79 Å². The third-order valence-corrected chi connectivity index (χ3v) is 5.06.